The molecule has 1 aromatic carbocycles. The Morgan fingerprint density at radius 3 is 2.96 bits per heavy atom. The molecule has 24 heavy (non-hydrogen) atoms. The number of carbonyl (C=O) groups is 1. The van der Waals surface area contributed by atoms with Crippen LogP contribution in [0, 0.1) is 0 Å². The first kappa shape index (κ1) is 16.7. The number of benzene rings is 1. The number of carbonyl (C=O) groups excluding carboxylic acids is 1. The molecular formula is C16H15N3O3S2. The Balaban J connectivity index is 1.74. The lowest BCUT2D eigenvalue weighted by atomic mass is 10.2. The molecule has 1 amide bonds. The molecule has 8 heteroatoms. The van der Waals surface area contributed by atoms with Gasteiger partial charge in [-0.15, -0.1) is 11.3 Å². The van der Waals surface area contributed by atoms with Crippen LogP contribution in [0.5, 0.6) is 0 Å². The second kappa shape index (κ2) is 7.61. The number of nitrogens with zero attached hydrogens (tertiary/aromatic N) is 2. The van der Waals surface area contributed by atoms with Crippen LogP contribution in [0.25, 0.3) is 20.8 Å². The highest BCUT2D eigenvalue weighted by molar-refractivity contribution is 7.79. The van der Waals surface area contributed by atoms with Gasteiger partial charge in [-0.25, -0.2) is 9.19 Å². The third-order valence-electron chi connectivity index (χ3n) is 3.34. The molecule has 0 saturated carbocycles. The normalized spacial score (nSPS) is 12.2. The van der Waals surface area contributed by atoms with Crippen molar-refractivity contribution in [3.63, 3.8) is 0 Å². The number of amides is 1. The average molecular weight is 361 g/mol. The first-order valence-corrected chi connectivity index (χ1v) is 9.39. The van der Waals surface area contributed by atoms with Gasteiger partial charge >= 0.3 is 0 Å². The van der Waals surface area contributed by atoms with E-state index in [1.807, 2.05) is 24.3 Å². The Labute approximate surface area is 145 Å². The third-order valence-corrected chi connectivity index (χ3v) is 5.05. The van der Waals surface area contributed by atoms with Crippen LogP contribution in [-0.4, -0.2) is 36.9 Å². The summed E-state index contributed by atoms with van der Waals surface area (Å²) in [5, 5.41) is 3.61. The Morgan fingerprint density at radius 2 is 2.21 bits per heavy atom. The van der Waals surface area contributed by atoms with E-state index < -0.39 is 11.1 Å². The smallest absolute Gasteiger partial charge is 0.251 e. The summed E-state index contributed by atoms with van der Waals surface area (Å²) in [7, 11) is 0. The van der Waals surface area contributed by atoms with E-state index in [4.69, 9.17) is 4.55 Å². The van der Waals surface area contributed by atoms with Gasteiger partial charge in [-0.1, -0.05) is 0 Å². The summed E-state index contributed by atoms with van der Waals surface area (Å²) in [5.74, 6) is -0.0419. The fourth-order valence-corrected chi connectivity index (χ4v) is 3.56. The molecule has 0 aliphatic rings. The molecule has 0 fully saturated rings. The summed E-state index contributed by atoms with van der Waals surface area (Å²) in [5.41, 5.74) is 2.33. The van der Waals surface area contributed by atoms with Crippen molar-refractivity contribution in [1.29, 1.82) is 0 Å². The van der Waals surface area contributed by atoms with Gasteiger partial charge in [0.25, 0.3) is 5.91 Å². The van der Waals surface area contributed by atoms with Gasteiger partial charge in [0.15, 0.2) is 11.1 Å². The van der Waals surface area contributed by atoms with Gasteiger partial charge in [0.2, 0.25) is 0 Å². The highest BCUT2D eigenvalue weighted by Gasteiger charge is 2.10. The Hall–Kier alpha value is -2.16. The summed E-state index contributed by atoms with van der Waals surface area (Å²) in [6.45, 7) is 0.368. The summed E-state index contributed by atoms with van der Waals surface area (Å²) < 4.78 is 20.2. The maximum absolute atomic E-state index is 12.1. The molecule has 3 rings (SSSR count). The number of thiazole rings is 1. The fraction of sp³-hybridized carbons (Fsp3) is 0.188. The number of pyridine rings is 1. The second-order valence-corrected chi connectivity index (χ2v) is 7.16. The number of nitrogens with one attached hydrogen (secondary N) is 1. The number of aromatic nitrogens is 2. The van der Waals surface area contributed by atoms with Gasteiger partial charge in [-0.05, 0) is 36.8 Å². The standard InChI is InChI=1S/C16H15N3O3S2/c20-15(18-7-2-8-24(21)22)11-4-5-13-14(9-11)23-16(19-13)12-3-1-6-17-10-12/h1,3-6,9-10H,2,7-8H2,(H,18,20)(H,21,22). The molecule has 0 aliphatic carbocycles. The monoisotopic (exact) mass is 361 g/mol. The van der Waals surface area contributed by atoms with E-state index in [1.54, 1.807) is 18.5 Å². The zero-order chi connectivity index (χ0) is 16.9. The number of rotatable bonds is 6. The fourth-order valence-electron chi connectivity index (χ4n) is 2.18. The van der Waals surface area contributed by atoms with E-state index in [9.17, 15) is 9.00 Å². The van der Waals surface area contributed by atoms with Crippen molar-refractivity contribution in [3.05, 3.63) is 48.3 Å². The van der Waals surface area contributed by atoms with Crippen molar-refractivity contribution in [2.75, 3.05) is 12.3 Å². The molecular weight excluding hydrogens is 346 g/mol. The van der Waals surface area contributed by atoms with Crippen LogP contribution in [0.2, 0.25) is 0 Å². The molecule has 1 atom stereocenters. The molecule has 2 N–H and O–H groups in total. The van der Waals surface area contributed by atoms with Crippen LogP contribution < -0.4 is 5.32 Å². The zero-order valence-electron chi connectivity index (χ0n) is 12.6. The van der Waals surface area contributed by atoms with Gasteiger partial charge in [0, 0.05) is 30.1 Å². The molecule has 3 aromatic rings. The minimum atomic E-state index is -1.82. The highest BCUT2D eigenvalue weighted by atomic mass is 32.2. The lowest BCUT2D eigenvalue weighted by molar-refractivity contribution is 0.0954. The molecule has 1 unspecified atom stereocenters. The molecule has 0 radical (unpaired) electrons. The van der Waals surface area contributed by atoms with Gasteiger partial charge in [0.1, 0.15) is 5.01 Å². The molecule has 0 bridgehead atoms. The van der Waals surface area contributed by atoms with Crippen molar-refractivity contribution in [3.8, 4) is 10.6 Å². The van der Waals surface area contributed by atoms with E-state index in [-0.39, 0.29) is 11.7 Å². The molecule has 124 valence electrons. The van der Waals surface area contributed by atoms with Crippen LogP contribution in [0.1, 0.15) is 16.8 Å². The lowest BCUT2D eigenvalue weighted by Crippen LogP contribution is -2.25. The lowest BCUT2D eigenvalue weighted by Gasteiger charge is -2.04. The largest absolute Gasteiger partial charge is 0.352 e. The van der Waals surface area contributed by atoms with Crippen LogP contribution >= 0.6 is 11.3 Å². The van der Waals surface area contributed by atoms with E-state index in [2.05, 4.69) is 15.3 Å². The van der Waals surface area contributed by atoms with Crippen LogP contribution in [-0.2, 0) is 11.1 Å². The van der Waals surface area contributed by atoms with Crippen LogP contribution in [0.4, 0.5) is 0 Å². The van der Waals surface area contributed by atoms with Crippen molar-refractivity contribution < 1.29 is 13.6 Å². The highest BCUT2D eigenvalue weighted by Crippen LogP contribution is 2.30. The van der Waals surface area contributed by atoms with Gasteiger partial charge < -0.3 is 9.87 Å². The minimum absolute atomic E-state index is 0.155. The Kier molecular flexibility index (Phi) is 5.29. The molecule has 2 heterocycles. The van der Waals surface area contributed by atoms with Crippen LogP contribution in [0.3, 0.4) is 0 Å². The number of fused-ring (bicyclic) bond motifs is 1. The minimum Gasteiger partial charge on any atom is -0.352 e. The maximum atomic E-state index is 12.1. The van der Waals surface area contributed by atoms with Crippen molar-refractivity contribution in [2.24, 2.45) is 0 Å². The quantitative estimate of drug-likeness (QED) is 0.520. The SMILES string of the molecule is O=C(NCCCS(=O)O)c1ccc2nc(-c3cccnc3)sc2c1. The summed E-state index contributed by atoms with van der Waals surface area (Å²) in [6, 6.07) is 9.17. The topological polar surface area (TPSA) is 92.2 Å². The first-order chi connectivity index (χ1) is 11.6. The van der Waals surface area contributed by atoms with Gasteiger partial charge in [-0.2, -0.15) is 0 Å². The van der Waals surface area contributed by atoms with Crippen molar-refractivity contribution in [1.82, 2.24) is 15.3 Å². The summed E-state index contributed by atoms with van der Waals surface area (Å²) in [6.07, 6.45) is 3.94. The van der Waals surface area contributed by atoms with Crippen molar-refractivity contribution in [2.45, 2.75) is 6.42 Å². The van der Waals surface area contributed by atoms with E-state index in [0.29, 0.717) is 18.5 Å². The molecule has 2 aromatic heterocycles. The van der Waals surface area contributed by atoms with Gasteiger partial charge in [0.05, 0.1) is 16.0 Å². The maximum Gasteiger partial charge on any atom is 0.251 e. The number of hydrogen-bond donors (Lipinski definition) is 2. The van der Waals surface area contributed by atoms with Crippen molar-refractivity contribution >= 4 is 38.5 Å². The number of hydrogen-bond acceptors (Lipinski definition) is 5. The van der Waals surface area contributed by atoms with Crippen LogP contribution in [0.15, 0.2) is 42.7 Å². The van der Waals surface area contributed by atoms with E-state index >= 15 is 0 Å². The first-order valence-electron chi connectivity index (χ1n) is 7.30. The van der Waals surface area contributed by atoms with Gasteiger partial charge in [-0.3, -0.25) is 9.78 Å². The predicted molar refractivity (Wildman–Crippen MR) is 95.4 cm³/mol. The second-order valence-electron chi connectivity index (χ2n) is 5.08. The molecule has 0 saturated heterocycles. The third kappa shape index (κ3) is 4.02. The Morgan fingerprint density at radius 1 is 1.33 bits per heavy atom. The Bertz CT molecular complexity index is 881. The molecule has 6 nitrogen and oxygen atoms in total. The van der Waals surface area contributed by atoms with E-state index in [0.717, 1.165) is 20.8 Å². The summed E-state index contributed by atoms with van der Waals surface area (Å²) >= 11 is -0.312. The average Bonchev–Trinajstić information content (AvgIpc) is 3.02. The molecule has 0 spiro atoms. The zero-order valence-corrected chi connectivity index (χ0v) is 14.3. The molecule has 0 aliphatic heterocycles. The predicted octanol–water partition coefficient (Wildman–Crippen LogP) is 2.70. The van der Waals surface area contributed by atoms with E-state index in [1.165, 1.54) is 11.3 Å². The summed E-state index contributed by atoms with van der Waals surface area (Å²) in [4.78, 5) is 20.8.